The van der Waals surface area contributed by atoms with Gasteiger partial charge in [-0.25, -0.2) is 4.98 Å². The molecule has 2 N–H and O–H groups in total. The molecule has 2 aromatic rings. The van der Waals surface area contributed by atoms with Gasteiger partial charge >= 0.3 is 6.01 Å². The molecule has 0 amide bonds. The van der Waals surface area contributed by atoms with Crippen molar-refractivity contribution in [2.24, 2.45) is 0 Å². The molecule has 0 aliphatic carbocycles. The van der Waals surface area contributed by atoms with Crippen LogP contribution in [0.4, 0.5) is 5.95 Å². The number of nitrogens with two attached hydrogens (primary N) is 1. The van der Waals surface area contributed by atoms with Crippen molar-refractivity contribution >= 4 is 5.95 Å². The Balaban J connectivity index is 2.32. The molecule has 82 valence electrons. The molecule has 0 bridgehead atoms. The van der Waals surface area contributed by atoms with Crippen LogP contribution in [0.1, 0.15) is 0 Å². The molecule has 0 fully saturated rings. The van der Waals surface area contributed by atoms with Gasteiger partial charge in [0.25, 0.3) is 5.95 Å². The van der Waals surface area contributed by atoms with Gasteiger partial charge in [0.2, 0.25) is 5.95 Å². The predicted molar refractivity (Wildman–Crippen MR) is 54.8 cm³/mol. The monoisotopic (exact) mass is 219 g/mol. The van der Waals surface area contributed by atoms with E-state index in [0.29, 0.717) is 6.61 Å². The quantitative estimate of drug-likeness (QED) is 0.697. The molecule has 0 aliphatic rings. The molecule has 0 aliphatic heterocycles. The van der Waals surface area contributed by atoms with Crippen molar-refractivity contribution < 1.29 is 4.74 Å². The smallest absolute Gasteiger partial charge is 0.323 e. The lowest BCUT2D eigenvalue weighted by Gasteiger charge is -2.03. The van der Waals surface area contributed by atoms with Crippen LogP contribution in [0, 0.1) is 0 Å². The van der Waals surface area contributed by atoms with Gasteiger partial charge in [0.15, 0.2) is 0 Å². The highest BCUT2D eigenvalue weighted by Crippen LogP contribution is 2.07. The van der Waals surface area contributed by atoms with E-state index in [2.05, 4.69) is 31.6 Å². The fourth-order valence-electron chi connectivity index (χ4n) is 0.973. The lowest BCUT2D eigenvalue weighted by Crippen LogP contribution is -2.09. The number of anilines is 1. The van der Waals surface area contributed by atoms with Gasteiger partial charge in [-0.1, -0.05) is 12.7 Å². The molecule has 0 spiro atoms. The first-order chi connectivity index (χ1) is 7.79. The first-order valence-electron chi connectivity index (χ1n) is 4.40. The van der Waals surface area contributed by atoms with Gasteiger partial charge in [0, 0.05) is 0 Å². The zero-order valence-corrected chi connectivity index (χ0v) is 8.32. The Bertz CT molecular complexity index is 481. The van der Waals surface area contributed by atoms with Crippen molar-refractivity contribution in [1.29, 1.82) is 0 Å². The fraction of sp³-hybridized carbons (Fsp3) is 0.125. The van der Waals surface area contributed by atoms with Crippen LogP contribution >= 0.6 is 0 Å². The van der Waals surface area contributed by atoms with Crippen molar-refractivity contribution in [3.8, 4) is 12.0 Å². The summed E-state index contributed by atoms with van der Waals surface area (Å²) in [4.78, 5) is 15.5. The summed E-state index contributed by atoms with van der Waals surface area (Å²) in [5.41, 5.74) is 5.51. The lowest BCUT2D eigenvalue weighted by molar-refractivity contribution is 0.332. The van der Waals surface area contributed by atoms with E-state index < -0.39 is 0 Å². The Kier molecular flexibility index (Phi) is 2.72. The average Bonchev–Trinajstić information content (AvgIpc) is 2.79. The van der Waals surface area contributed by atoms with E-state index in [0.717, 1.165) is 0 Å². The minimum Gasteiger partial charge on any atom is -0.459 e. The number of hydrogen-bond donors (Lipinski definition) is 1. The third-order valence-corrected chi connectivity index (χ3v) is 1.57. The minimum absolute atomic E-state index is 0.0552. The maximum Gasteiger partial charge on any atom is 0.323 e. The Hall–Kier alpha value is -2.51. The highest BCUT2D eigenvalue weighted by atomic mass is 16.5. The molecular weight excluding hydrogens is 210 g/mol. The molecule has 0 radical (unpaired) electrons. The maximum absolute atomic E-state index is 5.51. The van der Waals surface area contributed by atoms with Crippen molar-refractivity contribution in [3.05, 3.63) is 25.3 Å². The second kappa shape index (κ2) is 4.34. The molecule has 0 saturated carbocycles. The van der Waals surface area contributed by atoms with Crippen LogP contribution in [-0.4, -0.2) is 36.3 Å². The summed E-state index contributed by atoms with van der Waals surface area (Å²) < 4.78 is 6.51. The first kappa shape index (κ1) is 10.0. The van der Waals surface area contributed by atoms with E-state index >= 15 is 0 Å². The number of nitrogens with zero attached hydrogens (tertiary/aromatic N) is 6. The summed E-state index contributed by atoms with van der Waals surface area (Å²) >= 11 is 0. The normalized spacial score (nSPS) is 10.0. The van der Waals surface area contributed by atoms with Crippen molar-refractivity contribution in [2.45, 2.75) is 0 Å². The predicted octanol–water partition coefficient (Wildman–Crippen LogP) is -0.401. The summed E-state index contributed by atoms with van der Waals surface area (Å²) in [5, 5.41) is 3.87. The third-order valence-electron chi connectivity index (χ3n) is 1.57. The number of nitrogen functional groups attached to an aromatic ring is 1. The number of ether oxygens (including phenoxy) is 1. The summed E-state index contributed by atoms with van der Waals surface area (Å²) in [7, 11) is 0. The molecule has 8 nitrogen and oxygen atoms in total. The largest absolute Gasteiger partial charge is 0.459 e. The summed E-state index contributed by atoms with van der Waals surface area (Å²) in [5.74, 6) is 0.309. The van der Waals surface area contributed by atoms with Crippen LogP contribution in [0.5, 0.6) is 6.01 Å². The zero-order valence-electron chi connectivity index (χ0n) is 8.32. The molecule has 0 unspecified atom stereocenters. The van der Waals surface area contributed by atoms with Gasteiger partial charge < -0.3 is 10.5 Å². The second-order valence-corrected chi connectivity index (χ2v) is 2.72. The van der Waals surface area contributed by atoms with E-state index in [1.807, 2.05) is 0 Å². The molecule has 2 aromatic heterocycles. The molecule has 16 heavy (non-hydrogen) atoms. The van der Waals surface area contributed by atoms with Crippen molar-refractivity contribution in [1.82, 2.24) is 29.7 Å². The Morgan fingerprint density at radius 2 is 2.31 bits per heavy atom. The average molecular weight is 219 g/mol. The second-order valence-electron chi connectivity index (χ2n) is 2.72. The van der Waals surface area contributed by atoms with Crippen LogP contribution in [-0.2, 0) is 0 Å². The van der Waals surface area contributed by atoms with Crippen molar-refractivity contribution in [3.63, 3.8) is 0 Å². The molecule has 2 heterocycles. The fourth-order valence-corrected chi connectivity index (χ4v) is 0.973. The highest BCUT2D eigenvalue weighted by Gasteiger charge is 2.07. The van der Waals surface area contributed by atoms with Gasteiger partial charge in [-0.3, -0.25) is 0 Å². The maximum atomic E-state index is 5.51. The number of aromatic nitrogens is 6. The first-order valence-corrected chi connectivity index (χ1v) is 4.40. The topological polar surface area (TPSA) is 105 Å². The van der Waals surface area contributed by atoms with Gasteiger partial charge in [0.1, 0.15) is 19.3 Å². The SMILES string of the molecule is C=CCOc1nc(N)nc(-n2cncn2)n1. The zero-order chi connectivity index (χ0) is 11.4. The summed E-state index contributed by atoms with van der Waals surface area (Å²) in [6.45, 7) is 3.81. The number of rotatable bonds is 4. The minimum atomic E-state index is 0.0552. The third kappa shape index (κ3) is 2.11. The Morgan fingerprint density at radius 3 is 3.00 bits per heavy atom. The Labute approximate surface area is 90.8 Å². The van der Waals surface area contributed by atoms with E-state index in [1.165, 1.54) is 17.3 Å². The van der Waals surface area contributed by atoms with Crippen molar-refractivity contribution in [2.75, 3.05) is 12.3 Å². The Morgan fingerprint density at radius 1 is 1.44 bits per heavy atom. The van der Waals surface area contributed by atoms with Crippen LogP contribution in [0.3, 0.4) is 0 Å². The van der Waals surface area contributed by atoms with Crippen LogP contribution < -0.4 is 10.5 Å². The van der Waals surface area contributed by atoms with E-state index in [4.69, 9.17) is 10.5 Å². The highest BCUT2D eigenvalue weighted by molar-refractivity contribution is 5.23. The molecule has 2 rings (SSSR count). The van der Waals surface area contributed by atoms with Crippen LogP contribution in [0.15, 0.2) is 25.3 Å². The molecule has 0 atom stereocenters. The van der Waals surface area contributed by atoms with Crippen LogP contribution in [0.2, 0.25) is 0 Å². The van der Waals surface area contributed by atoms with E-state index in [-0.39, 0.29) is 17.9 Å². The molecule has 0 saturated heterocycles. The lowest BCUT2D eigenvalue weighted by atomic mass is 10.7. The standard InChI is InChI=1S/C8H9N7O/c1-2-3-16-8-13-6(9)12-7(14-8)15-5-10-4-11-15/h2,4-5H,1,3H2,(H2,9,12,13,14). The van der Waals surface area contributed by atoms with Gasteiger partial charge in [0.05, 0.1) is 0 Å². The molecule has 0 aromatic carbocycles. The van der Waals surface area contributed by atoms with E-state index in [1.54, 1.807) is 6.08 Å². The molecular formula is C8H9N7O. The summed E-state index contributed by atoms with van der Waals surface area (Å²) in [6, 6.07) is 0.123. The van der Waals surface area contributed by atoms with Crippen LogP contribution in [0.25, 0.3) is 5.95 Å². The number of hydrogen-bond acceptors (Lipinski definition) is 7. The molecule has 8 heteroatoms. The van der Waals surface area contributed by atoms with Gasteiger partial charge in [-0.2, -0.15) is 24.7 Å². The van der Waals surface area contributed by atoms with Gasteiger partial charge in [-0.15, -0.1) is 0 Å². The van der Waals surface area contributed by atoms with E-state index in [9.17, 15) is 0 Å². The van der Waals surface area contributed by atoms with Gasteiger partial charge in [-0.05, 0) is 0 Å². The summed E-state index contributed by atoms with van der Waals surface area (Å²) in [6.07, 6.45) is 4.39.